The molecule has 40 heavy (non-hydrogen) atoms. The Kier molecular flexibility index (Phi) is 9.19. The summed E-state index contributed by atoms with van der Waals surface area (Å²) in [6.07, 6.45) is 0.409. The second-order valence-corrected chi connectivity index (χ2v) is 9.74. The van der Waals surface area contributed by atoms with Gasteiger partial charge in [-0.3, -0.25) is 4.79 Å². The van der Waals surface area contributed by atoms with Crippen molar-refractivity contribution < 1.29 is 14.6 Å². The van der Waals surface area contributed by atoms with Gasteiger partial charge < -0.3 is 25.0 Å². The zero-order chi connectivity index (χ0) is 27.6. The standard InChI is InChI=1S/C33H34N4O3/c38-28(24-40-29-11-5-2-6-12-29)22-34-20-19-25-15-17-27(18-16-25)35-33(39)21-32-36-30-13-7-8-14-31(30)37(32)23-26-9-3-1-4-10-26/h1-18,28,34,38H,19-24H2,(H,35,39)/t28-/m0/s1. The van der Waals surface area contributed by atoms with E-state index in [1.807, 2.05) is 97.1 Å². The molecule has 0 spiro atoms. The summed E-state index contributed by atoms with van der Waals surface area (Å²) in [7, 11) is 0. The van der Waals surface area contributed by atoms with Gasteiger partial charge in [0, 0.05) is 18.8 Å². The van der Waals surface area contributed by atoms with E-state index < -0.39 is 6.10 Å². The van der Waals surface area contributed by atoms with Crippen LogP contribution in [0.25, 0.3) is 11.0 Å². The first-order chi connectivity index (χ1) is 19.6. The van der Waals surface area contributed by atoms with E-state index in [9.17, 15) is 9.90 Å². The molecule has 0 bridgehead atoms. The summed E-state index contributed by atoms with van der Waals surface area (Å²) >= 11 is 0. The lowest BCUT2D eigenvalue weighted by molar-refractivity contribution is -0.115. The Bertz CT molecular complexity index is 1500. The molecule has 1 amide bonds. The molecular weight excluding hydrogens is 500 g/mol. The Balaban J connectivity index is 1.09. The number of fused-ring (bicyclic) bond motifs is 1. The molecule has 7 nitrogen and oxygen atoms in total. The van der Waals surface area contributed by atoms with Crippen LogP contribution in [0.5, 0.6) is 5.75 Å². The van der Waals surface area contributed by atoms with Crippen LogP contribution >= 0.6 is 0 Å². The monoisotopic (exact) mass is 534 g/mol. The van der Waals surface area contributed by atoms with Crippen LogP contribution in [0.4, 0.5) is 5.69 Å². The molecule has 1 heterocycles. The number of hydrogen-bond acceptors (Lipinski definition) is 5. The van der Waals surface area contributed by atoms with E-state index in [0.717, 1.165) is 52.4 Å². The van der Waals surface area contributed by atoms with Crippen molar-refractivity contribution in [3.05, 3.63) is 126 Å². The minimum atomic E-state index is -0.585. The molecular formula is C33H34N4O3. The number of anilines is 1. The summed E-state index contributed by atoms with van der Waals surface area (Å²) in [5.74, 6) is 1.38. The van der Waals surface area contributed by atoms with E-state index in [-0.39, 0.29) is 18.9 Å². The third-order valence-corrected chi connectivity index (χ3v) is 6.63. The fourth-order valence-electron chi connectivity index (χ4n) is 4.58. The van der Waals surface area contributed by atoms with Gasteiger partial charge in [0.1, 0.15) is 24.3 Å². The zero-order valence-corrected chi connectivity index (χ0v) is 22.4. The van der Waals surface area contributed by atoms with Crippen LogP contribution in [0.3, 0.4) is 0 Å². The van der Waals surface area contributed by atoms with E-state index in [1.54, 1.807) is 0 Å². The molecule has 7 heteroatoms. The number of ether oxygens (including phenoxy) is 1. The highest BCUT2D eigenvalue weighted by molar-refractivity contribution is 5.92. The fourth-order valence-corrected chi connectivity index (χ4v) is 4.58. The molecule has 0 aliphatic heterocycles. The van der Waals surface area contributed by atoms with Gasteiger partial charge in [-0.1, -0.05) is 72.8 Å². The highest BCUT2D eigenvalue weighted by Crippen LogP contribution is 2.19. The number of carbonyl (C=O) groups is 1. The number of aromatic nitrogens is 2. The molecule has 0 aliphatic carbocycles. The number of amides is 1. The third-order valence-electron chi connectivity index (χ3n) is 6.63. The molecule has 0 saturated carbocycles. The number of nitrogens with one attached hydrogen (secondary N) is 2. The van der Waals surface area contributed by atoms with Crippen LogP contribution in [0.1, 0.15) is 17.0 Å². The van der Waals surface area contributed by atoms with Crippen molar-refractivity contribution in [2.24, 2.45) is 0 Å². The number of nitrogens with zero attached hydrogens (tertiary/aromatic N) is 2. The number of hydrogen-bond donors (Lipinski definition) is 3. The average Bonchev–Trinajstić information content (AvgIpc) is 3.32. The topological polar surface area (TPSA) is 88.4 Å². The van der Waals surface area contributed by atoms with Gasteiger partial charge in [0.05, 0.1) is 17.5 Å². The van der Waals surface area contributed by atoms with E-state index in [1.165, 1.54) is 0 Å². The van der Waals surface area contributed by atoms with E-state index >= 15 is 0 Å². The number of imidazole rings is 1. The smallest absolute Gasteiger partial charge is 0.231 e. The Morgan fingerprint density at radius 1 is 0.850 bits per heavy atom. The predicted molar refractivity (Wildman–Crippen MR) is 159 cm³/mol. The van der Waals surface area contributed by atoms with Gasteiger partial charge in [-0.2, -0.15) is 0 Å². The maximum atomic E-state index is 13.0. The second kappa shape index (κ2) is 13.6. The first-order valence-corrected chi connectivity index (χ1v) is 13.6. The molecule has 204 valence electrons. The van der Waals surface area contributed by atoms with Crippen LogP contribution < -0.4 is 15.4 Å². The number of rotatable bonds is 13. The molecule has 0 radical (unpaired) electrons. The van der Waals surface area contributed by atoms with Crippen LogP contribution in [0.2, 0.25) is 0 Å². The molecule has 5 rings (SSSR count). The Hall–Kier alpha value is -4.46. The Morgan fingerprint density at radius 2 is 1.55 bits per heavy atom. The SMILES string of the molecule is O=C(Cc1nc2ccccc2n1Cc1ccccc1)Nc1ccc(CCNC[C@H](O)COc2ccccc2)cc1. The van der Waals surface area contributed by atoms with Crippen molar-refractivity contribution in [3.63, 3.8) is 0 Å². The molecule has 0 aliphatic rings. The molecule has 1 atom stereocenters. The van der Waals surface area contributed by atoms with Crippen LogP contribution in [-0.4, -0.2) is 46.4 Å². The van der Waals surface area contributed by atoms with Gasteiger partial charge in [-0.25, -0.2) is 4.98 Å². The van der Waals surface area contributed by atoms with Crippen LogP contribution in [-0.2, 0) is 24.2 Å². The number of carbonyl (C=O) groups excluding carboxylic acids is 1. The predicted octanol–water partition coefficient (Wildman–Crippen LogP) is 4.84. The minimum absolute atomic E-state index is 0.106. The molecule has 1 aromatic heterocycles. The highest BCUT2D eigenvalue weighted by atomic mass is 16.5. The summed E-state index contributed by atoms with van der Waals surface area (Å²) in [5.41, 5.74) is 4.96. The summed E-state index contributed by atoms with van der Waals surface area (Å²) in [5, 5.41) is 16.4. The largest absolute Gasteiger partial charge is 0.491 e. The average molecular weight is 535 g/mol. The number of para-hydroxylation sites is 3. The first kappa shape index (κ1) is 27.1. The molecule has 0 fully saturated rings. The lowest BCUT2D eigenvalue weighted by atomic mass is 10.1. The summed E-state index contributed by atoms with van der Waals surface area (Å²) < 4.78 is 7.70. The summed E-state index contributed by atoms with van der Waals surface area (Å²) in [4.78, 5) is 17.7. The maximum Gasteiger partial charge on any atom is 0.231 e. The van der Waals surface area contributed by atoms with Crippen LogP contribution in [0.15, 0.2) is 109 Å². The van der Waals surface area contributed by atoms with E-state index in [2.05, 4.69) is 27.3 Å². The maximum absolute atomic E-state index is 13.0. The molecule has 3 N–H and O–H groups in total. The Morgan fingerprint density at radius 3 is 2.33 bits per heavy atom. The summed E-state index contributed by atoms with van der Waals surface area (Å²) in [6.45, 7) is 2.08. The molecule has 0 unspecified atom stereocenters. The lowest BCUT2D eigenvalue weighted by Crippen LogP contribution is -2.32. The minimum Gasteiger partial charge on any atom is -0.491 e. The normalized spacial score (nSPS) is 11.8. The zero-order valence-electron chi connectivity index (χ0n) is 22.4. The van der Waals surface area contributed by atoms with Crippen molar-refractivity contribution in [2.75, 3.05) is 25.0 Å². The van der Waals surface area contributed by atoms with Gasteiger partial charge in [0.2, 0.25) is 5.91 Å². The molecule has 4 aromatic carbocycles. The van der Waals surface area contributed by atoms with Crippen molar-refractivity contribution >= 4 is 22.6 Å². The van der Waals surface area contributed by atoms with Gasteiger partial charge in [0.25, 0.3) is 0 Å². The van der Waals surface area contributed by atoms with E-state index in [0.29, 0.717) is 13.1 Å². The third kappa shape index (κ3) is 7.56. The van der Waals surface area contributed by atoms with Crippen LogP contribution in [0, 0.1) is 0 Å². The van der Waals surface area contributed by atoms with Crippen molar-refractivity contribution in [1.29, 1.82) is 0 Å². The second-order valence-electron chi connectivity index (χ2n) is 9.74. The highest BCUT2D eigenvalue weighted by Gasteiger charge is 2.15. The number of benzene rings is 4. The van der Waals surface area contributed by atoms with Gasteiger partial charge in [0.15, 0.2) is 0 Å². The van der Waals surface area contributed by atoms with E-state index in [4.69, 9.17) is 9.72 Å². The number of aliphatic hydroxyl groups excluding tert-OH is 1. The van der Waals surface area contributed by atoms with Crippen molar-refractivity contribution in [1.82, 2.24) is 14.9 Å². The lowest BCUT2D eigenvalue weighted by Gasteiger charge is -2.13. The molecule has 0 saturated heterocycles. The summed E-state index contributed by atoms with van der Waals surface area (Å²) in [6, 6.07) is 35.5. The fraction of sp³-hybridized carbons (Fsp3) is 0.212. The van der Waals surface area contributed by atoms with Crippen molar-refractivity contribution in [3.8, 4) is 5.75 Å². The van der Waals surface area contributed by atoms with Crippen molar-refractivity contribution in [2.45, 2.75) is 25.5 Å². The van der Waals surface area contributed by atoms with Gasteiger partial charge >= 0.3 is 0 Å². The first-order valence-electron chi connectivity index (χ1n) is 13.6. The van der Waals surface area contributed by atoms with Gasteiger partial charge in [-0.05, 0) is 60.5 Å². The Labute approximate surface area is 234 Å². The quantitative estimate of drug-likeness (QED) is 0.188. The molecule has 5 aromatic rings. The van der Waals surface area contributed by atoms with Gasteiger partial charge in [-0.15, -0.1) is 0 Å². The number of aliphatic hydroxyl groups is 1.